The molecule has 0 radical (unpaired) electrons. The Hall–Kier alpha value is 0.310. The van der Waals surface area contributed by atoms with Crippen molar-refractivity contribution in [1.82, 2.24) is 5.32 Å². The van der Waals surface area contributed by atoms with Gasteiger partial charge in [-0.3, -0.25) is 0 Å². The molecular weight excluding hydrogens is 238 g/mol. The first-order valence-electron chi connectivity index (χ1n) is 8.09. The van der Waals surface area contributed by atoms with Crippen LogP contribution in [0.2, 0.25) is 0 Å². The summed E-state index contributed by atoms with van der Waals surface area (Å²) in [6.07, 6.45) is 11.1. The van der Waals surface area contributed by atoms with Crippen molar-refractivity contribution < 1.29 is 0 Å². The SMILES string of the molecule is CCCCCCCCC(CSC(C)CC)NCC. The molecule has 110 valence electrons. The average Bonchev–Trinajstić information content (AvgIpc) is 2.39. The van der Waals surface area contributed by atoms with Crippen LogP contribution in [0.25, 0.3) is 0 Å². The molecule has 0 aliphatic heterocycles. The molecule has 1 N–H and O–H groups in total. The van der Waals surface area contributed by atoms with Gasteiger partial charge in [0.1, 0.15) is 0 Å². The zero-order chi connectivity index (χ0) is 13.6. The van der Waals surface area contributed by atoms with Gasteiger partial charge < -0.3 is 5.32 Å². The van der Waals surface area contributed by atoms with Gasteiger partial charge in [0.15, 0.2) is 0 Å². The minimum Gasteiger partial charge on any atom is -0.313 e. The molecule has 0 rings (SSSR count). The van der Waals surface area contributed by atoms with Crippen LogP contribution in [0, 0.1) is 0 Å². The lowest BCUT2D eigenvalue weighted by molar-refractivity contribution is 0.494. The molecule has 0 fully saturated rings. The summed E-state index contributed by atoms with van der Waals surface area (Å²) in [7, 11) is 0. The fourth-order valence-corrected chi connectivity index (χ4v) is 3.18. The van der Waals surface area contributed by atoms with Crippen molar-refractivity contribution in [2.45, 2.75) is 90.4 Å². The summed E-state index contributed by atoms with van der Waals surface area (Å²) in [6.45, 7) is 10.3. The monoisotopic (exact) mass is 273 g/mol. The third-order valence-electron chi connectivity index (χ3n) is 3.56. The molecule has 0 spiro atoms. The minimum absolute atomic E-state index is 0.736. The standard InChI is InChI=1S/C16H35NS/c1-5-8-9-10-11-12-13-16(17-7-3)14-18-15(4)6-2/h15-17H,5-14H2,1-4H3. The second-order valence-corrected chi connectivity index (χ2v) is 6.83. The number of thioether (sulfide) groups is 1. The maximum absolute atomic E-state index is 3.64. The lowest BCUT2D eigenvalue weighted by atomic mass is 10.1. The first-order chi connectivity index (χ1) is 8.74. The zero-order valence-corrected chi connectivity index (χ0v) is 14.0. The van der Waals surface area contributed by atoms with Gasteiger partial charge in [-0.15, -0.1) is 0 Å². The Morgan fingerprint density at radius 1 is 0.944 bits per heavy atom. The molecule has 0 heterocycles. The van der Waals surface area contributed by atoms with Crippen LogP contribution in [-0.4, -0.2) is 23.6 Å². The van der Waals surface area contributed by atoms with Crippen molar-refractivity contribution in [2.24, 2.45) is 0 Å². The molecule has 0 aliphatic carbocycles. The van der Waals surface area contributed by atoms with Crippen LogP contribution in [0.5, 0.6) is 0 Å². The summed E-state index contributed by atoms with van der Waals surface area (Å²) >= 11 is 2.13. The summed E-state index contributed by atoms with van der Waals surface area (Å²) in [4.78, 5) is 0. The Kier molecular flexibility index (Phi) is 14.0. The van der Waals surface area contributed by atoms with Crippen molar-refractivity contribution in [1.29, 1.82) is 0 Å². The van der Waals surface area contributed by atoms with Gasteiger partial charge in [-0.05, 0) is 19.4 Å². The predicted molar refractivity (Wildman–Crippen MR) is 87.7 cm³/mol. The van der Waals surface area contributed by atoms with E-state index in [9.17, 15) is 0 Å². The summed E-state index contributed by atoms with van der Waals surface area (Å²) in [5.74, 6) is 1.29. The number of rotatable bonds is 13. The van der Waals surface area contributed by atoms with E-state index in [0.717, 1.165) is 17.8 Å². The molecule has 2 heteroatoms. The highest BCUT2D eigenvalue weighted by Crippen LogP contribution is 2.17. The lowest BCUT2D eigenvalue weighted by Gasteiger charge is -2.19. The van der Waals surface area contributed by atoms with Crippen molar-refractivity contribution in [3.8, 4) is 0 Å². The van der Waals surface area contributed by atoms with Gasteiger partial charge in [0.2, 0.25) is 0 Å². The van der Waals surface area contributed by atoms with Crippen molar-refractivity contribution in [3.05, 3.63) is 0 Å². The van der Waals surface area contributed by atoms with Gasteiger partial charge in [0.25, 0.3) is 0 Å². The molecule has 0 bridgehead atoms. The Bertz CT molecular complexity index is 161. The molecular formula is C16H35NS. The third-order valence-corrected chi connectivity index (χ3v) is 5.05. The Balaban J connectivity index is 3.56. The predicted octanol–water partition coefficient (Wildman–Crippen LogP) is 5.25. The van der Waals surface area contributed by atoms with Crippen LogP contribution in [0.4, 0.5) is 0 Å². The maximum atomic E-state index is 3.64. The highest BCUT2D eigenvalue weighted by molar-refractivity contribution is 7.99. The highest BCUT2D eigenvalue weighted by Gasteiger charge is 2.09. The first kappa shape index (κ1) is 18.3. The summed E-state index contributed by atoms with van der Waals surface area (Å²) in [6, 6.07) is 0.736. The van der Waals surface area contributed by atoms with Crippen LogP contribution < -0.4 is 5.32 Å². The molecule has 2 unspecified atom stereocenters. The molecule has 0 saturated carbocycles. The van der Waals surface area contributed by atoms with Crippen LogP contribution in [0.3, 0.4) is 0 Å². The fourth-order valence-electron chi connectivity index (χ4n) is 2.10. The molecule has 0 amide bonds. The van der Waals surface area contributed by atoms with E-state index in [0.29, 0.717) is 0 Å². The van der Waals surface area contributed by atoms with Crippen LogP contribution in [0.1, 0.15) is 79.1 Å². The van der Waals surface area contributed by atoms with E-state index < -0.39 is 0 Å². The smallest absolute Gasteiger partial charge is 0.0158 e. The number of nitrogens with one attached hydrogen (secondary N) is 1. The molecule has 0 aromatic rings. The van der Waals surface area contributed by atoms with Gasteiger partial charge >= 0.3 is 0 Å². The summed E-state index contributed by atoms with van der Waals surface area (Å²) < 4.78 is 0. The Labute approximate surface area is 120 Å². The minimum atomic E-state index is 0.736. The van der Waals surface area contributed by atoms with E-state index in [4.69, 9.17) is 0 Å². The maximum Gasteiger partial charge on any atom is 0.0158 e. The highest BCUT2D eigenvalue weighted by atomic mass is 32.2. The topological polar surface area (TPSA) is 12.0 Å². The molecule has 2 atom stereocenters. The third kappa shape index (κ3) is 11.4. The summed E-state index contributed by atoms with van der Waals surface area (Å²) in [5.41, 5.74) is 0. The van der Waals surface area contributed by atoms with Gasteiger partial charge in [-0.1, -0.05) is 66.2 Å². The summed E-state index contributed by atoms with van der Waals surface area (Å²) in [5, 5.41) is 4.46. The molecule has 1 nitrogen and oxygen atoms in total. The van der Waals surface area contributed by atoms with E-state index in [2.05, 4.69) is 44.8 Å². The first-order valence-corrected chi connectivity index (χ1v) is 9.14. The zero-order valence-electron chi connectivity index (χ0n) is 13.1. The Morgan fingerprint density at radius 2 is 1.61 bits per heavy atom. The van der Waals surface area contributed by atoms with Crippen LogP contribution >= 0.6 is 11.8 Å². The lowest BCUT2D eigenvalue weighted by Crippen LogP contribution is -2.31. The second-order valence-electron chi connectivity index (χ2n) is 5.36. The van der Waals surface area contributed by atoms with Crippen LogP contribution in [-0.2, 0) is 0 Å². The molecule has 0 aromatic carbocycles. The van der Waals surface area contributed by atoms with E-state index in [1.165, 1.54) is 57.1 Å². The van der Waals surface area contributed by atoms with Crippen molar-refractivity contribution in [2.75, 3.05) is 12.3 Å². The van der Waals surface area contributed by atoms with E-state index in [-0.39, 0.29) is 0 Å². The van der Waals surface area contributed by atoms with E-state index in [1.807, 2.05) is 0 Å². The number of hydrogen-bond acceptors (Lipinski definition) is 2. The second kappa shape index (κ2) is 13.7. The van der Waals surface area contributed by atoms with E-state index >= 15 is 0 Å². The number of hydrogen-bond donors (Lipinski definition) is 1. The fraction of sp³-hybridized carbons (Fsp3) is 1.00. The average molecular weight is 274 g/mol. The largest absolute Gasteiger partial charge is 0.313 e. The van der Waals surface area contributed by atoms with Crippen molar-refractivity contribution >= 4 is 11.8 Å². The normalized spacial score (nSPS) is 14.7. The molecule has 18 heavy (non-hydrogen) atoms. The molecule has 0 saturated heterocycles. The van der Waals surface area contributed by atoms with Crippen LogP contribution in [0.15, 0.2) is 0 Å². The van der Waals surface area contributed by atoms with Gasteiger partial charge in [-0.2, -0.15) is 11.8 Å². The molecule has 0 aliphatic rings. The van der Waals surface area contributed by atoms with Gasteiger partial charge in [0, 0.05) is 17.0 Å². The molecule has 0 aromatic heterocycles. The van der Waals surface area contributed by atoms with Gasteiger partial charge in [-0.25, -0.2) is 0 Å². The quantitative estimate of drug-likeness (QED) is 0.460. The van der Waals surface area contributed by atoms with E-state index in [1.54, 1.807) is 0 Å². The number of unbranched alkanes of at least 4 members (excludes halogenated alkanes) is 5. The van der Waals surface area contributed by atoms with Crippen molar-refractivity contribution in [3.63, 3.8) is 0 Å². The van der Waals surface area contributed by atoms with Gasteiger partial charge in [0.05, 0.1) is 0 Å². The Morgan fingerprint density at radius 3 is 2.22 bits per heavy atom.